The SMILES string of the molecule is CC(C)CC(N)C(=O)NC(C(=O)NC(CCCN=C(N)N)C(=O)NC(C)C(=O)O)C(C)O. The standard InChI is InChI=1S/C19H37N7O6/c1-9(2)8-12(20)15(28)26-14(11(4)27)17(30)25-13(6-5-7-23-19(21)22)16(29)24-10(3)18(31)32/h9-14,27H,5-8,20H2,1-4H3,(H,24,29)(H,25,30)(H,26,28)(H,31,32)(H4,21,22,23). The van der Waals surface area contributed by atoms with Gasteiger partial charge in [0.15, 0.2) is 5.96 Å². The Morgan fingerprint density at radius 2 is 1.53 bits per heavy atom. The summed E-state index contributed by atoms with van der Waals surface area (Å²) in [5, 5.41) is 26.1. The lowest BCUT2D eigenvalue weighted by atomic mass is 10.0. The Bertz CT molecular complexity index is 679. The molecule has 184 valence electrons. The summed E-state index contributed by atoms with van der Waals surface area (Å²) in [5.74, 6) is -3.43. The highest BCUT2D eigenvalue weighted by Gasteiger charge is 2.31. The van der Waals surface area contributed by atoms with Gasteiger partial charge in [-0.25, -0.2) is 0 Å². The van der Waals surface area contributed by atoms with E-state index in [1.165, 1.54) is 13.8 Å². The lowest BCUT2D eigenvalue weighted by Crippen LogP contribution is -2.59. The highest BCUT2D eigenvalue weighted by atomic mass is 16.4. The second kappa shape index (κ2) is 14.2. The molecule has 5 unspecified atom stereocenters. The molecule has 13 heteroatoms. The molecule has 0 rings (SSSR count). The van der Waals surface area contributed by atoms with Gasteiger partial charge >= 0.3 is 5.97 Å². The molecule has 0 aromatic rings. The fraction of sp³-hybridized carbons (Fsp3) is 0.737. The Balaban J connectivity index is 5.35. The van der Waals surface area contributed by atoms with Crippen LogP contribution in [-0.2, 0) is 19.2 Å². The number of nitrogens with one attached hydrogen (secondary N) is 3. The predicted molar refractivity (Wildman–Crippen MR) is 118 cm³/mol. The van der Waals surface area contributed by atoms with E-state index in [1.807, 2.05) is 13.8 Å². The van der Waals surface area contributed by atoms with Crippen LogP contribution in [0.1, 0.15) is 47.0 Å². The van der Waals surface area contributed by atoms with E-state index < -0.39 is 54.0 Å². The smallest absolute Gasteiger partial charge is 0.325 e. The van der Waals surface area contributed by atoms with E-state index in [-0.39, 0.29) is 24.8 Å². The molecule has 0 aliphatic heterocycles. The van der Waals surface area contributed by atoms with E-state index in [2.05, 4.69) is 20.9 Å². The fourth-order valence-corrected chi connectivity index (χ4v) is 2.69. The average Bonchev–Trinajstić information content (AvgIpc) is 2.66. The number of hydrogen-bond acceptors (Lipinski definition) is 7. The van der Waals surface area contributed by atoms with Crippen molar-refractivity contribution >= 4 is 29.7 Å². The van der Waals surface area contributed by atoms with Crippen molar-refractivity contribution in [1.29, 1.82) is 0 Å². The highest BCUT2D eigenvalue weighted by molar-refractivity contribution is 5.94. The van der Waals surface area contributed by atoms with Crippen molar-refractivity contribution < 1.29 is 29.4 Å². The monoisotopic (exact) mass is 459 g/mol. The number of carboxylic acids is 1. The summed E-state index contributed by atoms with van der Waals surface area (Å²) >= 11 is 0. The normalized spacial score (nSPS) is 15.6. The Hall–Kier alpha value is -2.93. The third-order valence-corrected chi connectivity index (χ3v) is 4.43. The Morgan fingerprint density at radius 3 is 2.00 bits per heavy atom. The number of aliphatic hydroxyl groups excluding tert-OH is 1. The maximum atomic E-state index is 12.7. The third-order valence-electron chi connectivity index (χ3n) is 4.43. The van der Waals surface area contributed by atoms with Crippen LogP contribution in [0.3, 0.4) is 0 Å². The van der Waals surface area contributed by atoms with Crippen LogP contribution in [0.25, 0.3) is 0 Å². The molecule has 0 heterocycles. The molecule has 0 aromatic heterocycles. The van der Waals surface area contributed by atoms with Gasteiger partial charge in [-0.3, -0.25) is 24.2 Å². The number of aliphatic hydroxyl groups is 1. The maximum Gasteiger partial charge on any atom is 0.325 e. The molecule has 0 radical (unpaired) electrons. The number of nitrogens with zero attached hydrogens (tertiary/aromatic N) is 1. The Kier molecular flexibility index (Phi) is 12.9. The molecule has 0 bridgehead atoms. The quantitative estimate of drug-likeness (QED) is 0.0768. The molecule has 13 nitrogen and oxygen atoms in total. The number of amides is 3. The number of carbonyl (C=O) groups is 4. The molecule has 0 saturated heterocycles. The molecule has 0 aliphatic carbocycles. The van der Waals surface area contributed by atoms with E-state index in [0.29, 0.717) is 12.8 Å². The van der Waals surface area contributed by atoms with Crippen LogP contribution in [0.5, 0.6) is 0 Å². The summed E-state index contributed by atoms with van der Waals surface area (Å²) in [7, 11) is 0. The lowest BCUT2D eigenvalue weighted by molar-refractivity contribution is -0.142. The topological polar surface area (TPSA) is 235 Å². The average molecular weight is 460 g/mol. The van der Waals surface area contributed by atoms with Gasteiger partial charge in [-0.15, -0.1) is 0 Å². The molecule has 0 saturated carbocycles. The van der Waals surface area contributed by atoms with Gasteiger partial charge in [-0.2, -0.15) is 0 Å². The number of carbonyl (C=O) groups excluding carboxylic acids is 3. The molecule has 32 heavy (non-hydrogen) atoms. The number of nitrogens with two attached hydrogens (primary N) is 3. The van der Waals surface area contributed by atoms with Crippen LogP contribution >= 0.6 is 0 Å². The van der Waals surface area contributed by atoms with Crippen molar-refractivity contribution in [3.8, 4) is 0 Å². The minimum Gasteiger partial charge on any atom is -0.480 e. The second-order valence-corrected chi connectivity index (χ2v) is 8.04. The number of hydrogen-bond donors (Lipinski definition) is 8. The highest BCUT2D eigenvalue weighted by Crippen LogP contribution is 2.05. The van der Waals surface area contributed by atoms with Crippen molar-refractivity contribution in [2.75, 3.05) is 6.54 Å². The van der Waals surface area contributed by atoms with Crippen LogP contribution in [0.4, 0.5) is 0 Å². The molecule has 3 amide bonds. The van der Waals surface area contributed by atoms with Gasteiger partial charge in [0.05, 0.1) is 12.1 Å². The first kappa shape index (κ1) is 29.1. The van der Waals surface area contributed by atoms with Crippen LogP contribution in [0, 0.1) is 5.92 Å². The first-order chi connectivity index (χ1) is 14.8. The summed E-state index contributed by atoms with van der Waals surface area (Å²) in [6, 6.07) is -4.59. The largest absolute Gasteiger partial charge is 0.480 e. The summed E-state index contributed by atoms with van der Waals surface area (Å²) in [6.07, 6.45) is -0.534. The number of carboxylic acid groups (broad SMARTS) is 1. The number of aliphatic imine (C=N–C) groups is 1. The Morgan fingerprint density at radius 1 is 0.938 bits per heavy atom. The van der Waals surface area contributed by atoms with Gasteiger partial charge in [0.2, 0.25) is 17.7 Å². The van der Waals surface area contributed by atoms with Gasteiger partial charge in [0.25, 0.3) is 0 Å². The number of aliphatic carboxylic acids is 1. The molecule has 0 spiro atoms. The Labute approximate surface area is 187 Å². The van der Waals surface area contributed by atoms with Crippen molar-refractivity contribution in [1.82, 2.24) is 16.0 Å². The third kappa shape index (κ3) is 11.5. The van der Waals surface area contributed by atoms with E-state index in [1.54, 1.807) is 0 Å². The zero-order valence-corrected chi connectivity index (χ0v) is 19.0. The molecule has 0 fully saturated rings. The minimum absolute atomic E-state index is 0.0774. The molecule has 0 aliphatic rings. The van der Waals surface area contributed by atoms with Gasteiger partial charge in [0.1, 0.15) is 18.1 Å². The summed E-state index contributed by atoms with van der Waals surface area (Å²) in [5.41, 5.74) is 16.3. The number of guanidine groups is 1. The van der Waals surface area contributed by atoms with Gasteiger partial charge in [0, 0.05) is 6.54 Å². The minimum atomic E-state index is -1.37. The van der Waals surface area contributed by atoms with E-state index in [0.717, 1.165) is 0 Å². The molecular formula is C19H37N7O6. The second-order valence-electron chi connectivity index (χ2n) is 8.04. The van der Waals surface area contributed by atoms with Crippen molar-refractivity contribution in [3.63, 3.8) is 0 Å². The molecular weight excluding hydrogens is 422 g/mol. The van der Waals surface area contributed by atoms with Crippen molar-refractivity contribution in [3.05, 3.63) is 0 Å². The summed E-state index contributed by atoms with van der Waals surface area (Å²) in [6.45, 7) is 6.52. The predicted octanol–water partition coefficient (Wildman–Crippen LogP) is -2.65. The van der Waals surface area contributed by atoms with E-state index in [9.17, 15) is 24.3 Å². The number of rotatable bonds is 14. The van der Waals surface area contributed by atoms with E-state index >= 15 is 0 Å². The summed E-state index contributed by atoms with van der Waals surface area (Å²) in [4.78, 5) is 52.4. The molecule has 11 N–H and O–H groups in total. The lowest BCUT2D eigenvalue weighted by Gasteiger charge is -2.26. The molecule has 0 aromatic carbocycles. The van der Waals surface area contributed by atoms with Crippen LogP contribution in [0.15, 0.2) is 4.99 Å². The van der Waals surface area contributed by atoms with Crippen LogP contribution in [-0.4, -0.2) is 76.7 Å². The van der Waals surface area contributed by atoms with Crippen LogP contribution < -0.4 is 33.2 Å². The maximum absolute atomic E-state index is 12.7. The van der Waals surface area contributed by atoms with Gasteiger partial charge in [-0.1, -0.05) is 13.8 Å². The first-order valence-corrected chi connectivity index (χ1v) is 10.4. The first-order valence-electron chi connectivity index (χ1n) is 10.4. The molecule has 5 atom stereocenters. The van der Waals surface area contributed by atoms with Crippen LogP contribution in [0.2, 0.25) is 0 Å². The zero-order chi connectivity index (χ0) is 25.0. The van der Waals surface area contributed by atoms with E-state index in [4.69, 9.17) is 22.3 Å². The zero-order valence-electron chi connectivity index (χ0n) is 19.0. The van der Waals surface area contributed by atoms with Gasteiger partial charge < -0.3 is 43.4 Å². The van der Waals surface area contributed by atoms with Crippen molar-refractivity contribution in [2.45, 2.75) is 77.2 Å². The summed E-state index contributed by atoms with van der Waals surface area (Å²) < 4.78 is 0. The fourth-order valence-electron chi connectivity index (χ4n) is 2.69. The van der Waals surface area contributed by atoms with Crippen molar-refractivity contribution in [2.24, 2.45) is 28.1 Å². The van der Waals surface area contributed by atoms with Gasteiger partial charge in [-0.05, 0) is 39.0 Å².